The summed E-state index contributed by atoms with van der Waals surface area (Å²) >= 11 is 0. The van der Waals surface area contributed by atoms with Gasteiger partial charge >= 0.3 is 6.09 Å². The summed E-state index contributed by atoms with van der Waals surface area (Å²) in [6, 6.07) is 17.1. The number of phenolic OH excluding ortho intramolecular Hbond substituents is 1. The average Bonchev–Trinajstić information content (AvgIpc) is 2.83. The van der Waals surface area contributed by atoms with E-state index in [1.54, 1.807) is 52.0 Å². The van der Waals surface area contributed by atoms with Crippen LogP contribution < -0.4 is 10.6 Å². The van der Waals surface area contributed by atoms with Crippen LogP contribution in [0.3, 0.4) is 0 Å². The Morgan fingerprint density at radius 1 is 1.05 bits per heavy atom. The van der Waals surface area contributed by atoms with E-state index in [0.29, 0.717) is 11.3 Å². The zero-order valence-corrected chi connectivity index (χ0v) is 21.6. The molecule has 1 atom stereocenters. The van der Waals surface area contributed by atoms with Crippen LogP contribution in [0.15, 0.2) is 73.3 Å². The van der Waals surface area contributed by atoms with Gasteiger partial charge < -0.3 is 25.4 Å². The minimum absolute atomic E-state index is 0.00196. The van der Waals surface area contributed by atoms with Crippen LogP contribution in [0.4, 0.5) is 10.5 Å². The number of anilines is 1. The normalized spacial score (nSPS) is 11.9. The Hall–Kier alpha value is -4.33. The van der Waals surface area contributed by atoms with E-state index in [0.717, 1.165) is 10.8 Å². The summed E-state index contributed by atoms with van der Waals surface area (Å²) in [7, 11) is 0. The molecule has 0 bridgehead atoms. The summed E-state index contributed by atoms with van der Waals surface area (Å²) < 4.78 is 5.21. The van der Waals surface area contributed by atoms with Crippen molar-refractivity contribution in [3.8, 4) is 5.75 Å². The summed E-state index contributed by atoms with van der Waals surface area (Å²) in [4.78, 5) is 40.4. The van der Waals surface area contributed by atoms with Crippen molar-refractivity contribution in [1.29, 1.82) is 0 Å². The molecule has 0 saturated heterocycles. The number of para-hydroxylation sites is 1. The van der Waals surface area contributed by atoms with Crippen LogP contribution in [0.1, 0.15) is 37.9 Å². The second-order valence-corrected chi connectivity index (χ2v) is 9.66. The summed E-state index contributed by atoms with van der Waals surface area (Å²) in [6.45, 7) is 10.2. The molecule has 0 aliphatic carbocycles. The van der Waals surface area contributed by atoms with Crippen molar-refractivity contribution >= 4 is 34.4 Å². The maximum Gasteiger partial charge on any atom is 0.408 e. The highest BCUT2D eigenvalue weighted by Crippen LogP contribution is 2.33. The van der Waals surface area contributed by atoms with Crippen molar-refractivity contribution in [2.75, 3.05) is 18.4 Å². The highest BCUT2D eigenvalue weighted by molar-refractivity contribution is 6.00. The van der Waals surface area contributed by atoms with Crippen molar-refractivity contribution < 1.29 is 24.2 Å². The quantitative estimate of drug-likeness (QED) is 0.372. The summed E-state index contributed by atoms with van der Waals surface area (Å²) in [6.07, 6.45) is 0.726. The third-order valence-corrected chi connectivity index (χ3v) is 5.57. The predicted molar refractivity (Wildman–Crippen MR) is 144 cm³/mol. The third kappa shape index (κ3) is 7.10. The molecule has 194 valence electrons. The zero-order chi connectivity index (χ0) is 27.2. The maximum atomic E-state index is 13.7. The fourth-order valence-corrected chi connectivity index (χ4v) is 3.88. The lowest BCUT2D eigenvalue weighted by Gasteiger charge is -2.31. The molecule has 8 nitrogen and oxygen atoms in total. The molecular formula is C29H33N3O5. The first-order valence-corrected chi connectivity index (χ1v) is 12.0. The smallest absolute Gasteiger partial charge is 0.408 e. The Labute approximate surface area is 216 Å². The van der Waals surface area contributed by atoms with Crippen LogP contribution in [0.2, 0.25) is 0 Å². The second-order valence-electron chi connectivity index (χ2n) is 9.66. The number of aromatic hydroxyl groups is 1. The number of nitrogens with zero attached hydrogens (tertiary/aromatic N) is 1. The molecule has 0 heterocycles. The molecule has 0 radical (unpaired) electrons. The molecule has 37 heavy (non-hydrogen) atoms. The van der Waals surface area contributed by atoms with Crippen LogP contribution in [0.5, 0.6) is 5.75 Å². The Balaban J connectivity index is 1.94. The highest BCUT2D eigenvalue weighted by Gasteiger charge is 2.33. The van der Waals surface area contributed by atoms with E-state index in [2.05, 4.69) is 17.2 Å². The Morgan fingerprint density at radius 2 is 1.76 bits per heavy atom. The first-order valence-electron chi connectivity index (χ1n) is 12.0. The number of carbonyl (C=O) groups is 3. The lowest BCUT2D eigenvalue weighted by Crippen LogP contribution is -2.46. The van der Waals surface area contributed by atoms with E-state index in [4.69, 9.17) is 4.74 Å². The number of nitrogens with one attached hydrogen (secondary N) is 2. The maximum absolute atomic E-state index is 13.7. The number of ether oxygens (including phenoxy) is 1. The molecule has 0 aliphatic heterocycles. The standard InChI is InChI=1S/C29H33N3O5/c1-6-16-32(24(33)18-30-28(36)37-29(3,4)5)25(23-13-9-10-19(2)26(23)34)27(35)31-22-15-14-20-11-7-8-12-21(20)17-22/h6-15,17,25,34H,1,16,18H2,2-5H3,(H,30,36)(H,31,35). The van der Waals surface area contributed by atoms with Crippen LogP contribution >= 0.6 is 0 Å². The van der Waals surface area contributed by atoms with Crippen molar-refractivity contribution in [2.45, 2.75) is 39.3 Å². The van der Waals surface area contributed by atoms with Gasteiger partial charge in [-0.3, -0.25) is 9.59 Å². The number of rotatable bonds is 8. The van der Waals surface area contributed by atoms with E-state index in [9.17, 15) is 19.5 Å². The molecule has 3 aromatic rings. The molecule has 3 N–H and O–H groups in total. The van der Waals surface area contributed by atoms with Gasteiger partial charge in [-0.25, -0.2) is 4.79 Å². The van der Waals surface area contributed by atoms with Gasteiger partial charge in [0.15, 0.2) is 0 Å². The molecule has 3 rings (SSSR count). The van der Waals surface area contributed by atoms with Crippen molar-refractivity contribution in [3.05, 3.63) is 84.4 Å². The minimum Gasteiger partial charge on any atom is -0.507 e. The molecule has 1 unspecified atom stereocenters. The van der Waals surface area contributed by atoms with Gasteiger partial charge in [-0.15, -0.1) is 6.58 Å². The number of aryl methyl sites for hydroxylation is 1. The van der Waals surface area contributed by atoms with E-state index >= 15 is 0 Å². The molecule has 0 saturated carbocycles. The first kappa shape index (κ1) is 27.3. The molecule has 0 fully saturated rings. The monoisotopic (exact) mass is 503 g/mol. The fourth-order valence-electron chi connectivity index (χ4n) is 3.88. The summed E-state index contributed by atoms with van der Waals surface area (Å²) in [5, 5.41) is 18.1. The van der Waals surface area contributed by atoms with Crippen LogP contribution in [0, 0.1) is 6.92 Å². The van der Waals surface area contributed by atoms with Gasteiger partial charge in [-0.05, 0) is 56.2 Å². The number of alkyl carbamates (subject to hydrolysis) is 1. The molecular weight excluding hydrogens is 470 g/mol. The van der Waals surface area contributed by atoms with E-state index in [1.165, 1.54) is 11.0 Å². The van der Waals surface area contributed by atoms with Gasteiger partial charge in [-0.1, -0.05) is 54.6 Å². The summed E-state index contributed by atoms with van der Waals surface area (Å²) in [5.41, 5.74) is 0.618. The number of phenols is 1. The molecule has 0 spiro atoms. The van der Waals surface area contributed by atoms with Crippen molar-refractivity contribution in [2.24, 2.45) is 0 Å². The number of fused-ring (bicyclic) bond motifs is 1. The Bertz CT molecular complexity index is 1310. The van der Waals surface area contributed by atoms with Crippen molar-refractivity contribution in [3.63, 3.8) is 0 Å². The molecule has 3 amide bonds. The molecule has 0 aromatic heterocycles. The van der Waals surface area contributed by atoms with Gasteiger partial charge in [0.2, 0.25) is 5.91 Å². The van der Waals surface area contributed by atoms with Gasteiger partial charge in [-0.2, -0.15) is 0 Å². The number of carbonyl (C=O) groups excluding carboxylic acids is 3. The minimum atomic E-state index is -1.20. The molecule has 0 aliphatic rings. The third-order valence-electron chi connectivity index (χ3n) is 5.57. The van der Waals surface area contributed by atoms with Crippen LogP contribution in [-0.2, 0) is 14.3 Å². The largest absolute Gasteiger partial charge is 0.507 e. The number of hydrogen-bond acceptors (Lipinski definition) is 5. The summed E-state index contributed by atoms with van der Waals surface area (Å²) in [5.74, 6) is -1.17. The fraction of sp³-hybridized carbons (Fsp3) is 0.276. The van der Waals surface area contributed by atoms with E-state index in [-0.39, 0.29) is 17.9 Å². The Kier molecular flexibility index (Phi) is 8.55. The lowest BCUT2D eigenvalue weighted by atomic mass is 9.99. The predicted octanol–water partition coefficient (Wildman–Crippen LogP) is 5.07. The van der Waals surface area contributed by atoms with Crippen LogP contribution in [0.25, 0.3) is 10.8 Å². The Morgan fingerprint density at radius 3 is 2.43 bits per heavy atom. The van der Waals surface area contributed by atoms with Gasteiger partial charge in [0.05, 0.1) is 0 Å². The lowest BCUT2D eigenvalue weighted by molar-refractivity contribution is -0.137. The highest BCUT2D eigenvalue weighted by atomic mass is 16.6. The SMILES string of the molecule is C=CCN(C(=O)CNC(=O)OC(C)(C)C)C(C(=O)Nc1ccc2ccccc2c1)c1cccc(C)c1O. The molecule has 8 heteroatoms. The topological polar surface area (TPSA) is 108 Å². The average molecular weight is 504 g/mol. The first-order chi connectivity index (χ1) is 17.5. The van der Waals surface area contributed by atoms with Crippen molar-refractivity contribution in [1.82, 2.24) is 10.2 Å². The number of benzene rings is 3. The number of hydrogen-bond donors (Lipinski definition) is 3. The van der Waals surface area contributed by atoms with Gasteiger partial charge in [0, 0.05) is 17.8 Å². The van der Waals surface area contributed by atoms with Gasteiger partial charge in [0.1, 0.15) is 23.9 Å². The zero-order valence-electron chi connectivity index (χ0n) is 21.6. The number of amides is 3. The van der Waals surface area contributed by atoms with Gasteiger partial charge in [0.25, 0.3) is 5.91 Å². The van der Waals surface area contributed by atoms with E-state index < -0.39 is 36.1 Å². The second kappa shape index (κ2) is 11.6. The van der Waals surface area contributed by atoms with E-state index in [1.807, 2.05) is 36.4 Å². The molecule has 3 aromatic carbocycles. The van der Waals surface area contributed by atoms with Crippen LogP contribution in [-0.4, -0.2) is 46.6 Å².